The minimum absolute atomic E-state index is 0.00185. The number of para-hydroxylation sites is 1. The minimum atomic E-state index is -0.520. The molecule has 2 aromatic rings. The number of ether oxygens (including phenoxy) is 2. The molecule has 1 atom stereocenters. The van der Waals surface area contributed by atoms with Crippen LogP contribution in [0.15, 0.2) is 30.6 Å². The van der Waals surface area contributed by atoms with E-state index in [9.17, 15) is 9.18 Å². The molecular weight excluding hydrogens is 337 g/mol. The van der Waals surface area contributed by atoms with E-state index in [1.165, 1.54) is 6.33 Å². The Bertz CT molecular complexity index is 784. The third kappa shape index (κ3) is 3.92. The zero-order valence-electron chi connectivity index (χ0n) is 14.9. The molecule has 1 saturated heterocycles. The number of aromatic nitrogens is 2. The fourth-order valence-electron chi connectivity index (χ4n) is 3.05. The van der Waals surface area contributed by atoms with Gasteiger partial charge in [-0.25, -0.2) is 4.98 Å². The van der Waals surface area contributed by atoms with Crippen LogP contribution in [0.3, 0.4) is 0 Å². The molecule has 1 aliphatic heterocycles. The van der Waals surface area contributed by atoms with Crippen molar-refractivity contribution in [3.63, 3.8) is 0 Å². The molecule has 1 unspecified atom stereocenters. The minimum Gasteiger partial charge on any atom is -0.496 e. The van der Waals surface area contributed by atoms with Crippen LogP contribution in [-0.2, 0) is 17.6 Å². The van der Waals surface area contributed by atoms with Gasteiger partial charge in [0.05, 0.1) is 25.8 Å². The molecule has 7 heteroatoms. The van der Waals surface area contributed by atoms with Gasteiger partial charge in [-0.05, 0) is 12.5 Å². The number of carbonyl (C=O) groups is 1. The van der Waals surface area contributed by atoms with Gasteiger partial charge < -0.3 is 14.4 Å². The lowest BCUT2D eigenvalue weighted by molar-refractivity contribution is -0.129. The summed E-state index contributed by atoms with van der Waals surface area (Å²) in [6.07, 6.45) is 2.40. The normalized spacial score (nSPS) is 16.6. The molecule has 1 aromatic carbocycles. The smallest absolute Gasteiger partial charge is 0.254 e. The van der Waals surface area contributed by atoms with E-state index in [0.717, 1.165) is 5.56 Å². The Hall–Kier alpha value is -2.70. The third-order valence-corrected chi connectivity index (χ3v) is 4.47. The fraction of sp³-hybridized carbons (Fsp3) is 0.421. The molecule has 138 valence electrons. The summed E-state index contributed by atoms with van der Waals surface area (Å²) in [6, 6.07) is 7.46. The predicted octanol–water partition coefficient (Wildman–Crippen LogP) is 2.41. The van der Waals surface area contributed by atoms with E-state index >= 15 is 0 Å². The Balaban J connectivity index is 1.61. The summed E-state index contributed by atoms with van der Waals surface area (Å²) in [5, 5.41) is 0. The van der Waals surface area contributed by atoms with Crippen molar-refractivity contribution in [2.24, 2.45) is 0 Å². The van der Waals surface area contributed by atoms with Crippen LogP contribution in [0.2, 0.25) is 0 Å². The first kappa shape index (κ1) is 18.1. The van der Waals surface area contributed by atoms with Crippen LogP contribution in [0.1, 0.15) is 24.6 Å². The molecule has 0 radical (unpaired) electrons. The number of nitrogens with zero attached hydrogens (tertiary/aromatic N) is 3. The lowest BCUT2D eigenvalue weighted by Crippen LogP contribution is -2.32. The standard InChI is InChI=1S/C19H22FN3O3/c1-3-15-18(20)19(22-12-21-15)26-14-8-9-23(11-14)17(24)10-13-6-4-5-7-16(13)25-2/h4-7,12,14H,3,8-11H2,1-2H3. The van der Waals surface area contributed by atoms with Crippen molar-refractivity contribution < 1.29 is 18.7 Å². The highest BCUT2D eigenvalue weighted by molar-refractivity contribution is 5.79. The molecule has 0 bridgehead atoms. The summed E-state index contributed by atoms with van der Waals surface area (Å²) < 4.78 is 25.2. The number of halogens is 1. The largest absolute Gasteiger partial charge is 0.496 e. The molecule has 0 N–H and O–H groups in total. The topological polar surface area (TPSA) is 64.6 Å². The van der Waals surface area contributed by atoms with Crippen molar-refractivity contribution in [2.45, 2.75) is 32.3 Å². The molecule has 26 heavy (non-hydrogen) atoms. The van der Waals surface area contributed by atoms with Crippen molar-refractivity contribution in [3.05, 3.63) is 47.7 Å². The molecule has 6 nitrogen and oxygen atoms in total. The molecule has 1 aliphatic rings. The van der Waals surface area contributed by atoms with E-state index in [4.69, 9.17) is 9.47 Å². The molecule has 2 heterocycles. The van der Waals surface area contributed by atoms with Crippen molar-refractivity contribution in [2.75, 3.05) is 20.2 Å². The van der Waals surface area contributed by atoms with E-state index in [-0.39, 0.29) is 24.3 Å². The van der Waals surface area contributed by atoms with Gasteiger partial charge in [0.25, 0.3) is 5.88 Å². The van der Waals surface area contributed by atoms with Gasteiger partial charge in [-0.15, -0.1) is 0 Å². The molecule has 1 amide bonds. The van der Waals surface area contributed by atoms with E-state index in [0.29, 0.717) is 37.4 Å². The zero-order chi connectivity index (χ0) is 18.5. The first-order chi connectivity index (χ1) is 12.6. The Labute approximate surface area is 152 Å². The summed E-state index contributed by atoms with van der Waals surface area (Å²) in [5.74, 6) is 0.135. The van der Waals surface area contributed by atoms with Crippen LogP contribution in [0.5, 0.6) is 11.6 Å². The highest BCUT2D eigenvalue weighted by Crippen LogP contribution is 2.23. The van der Waals surface area contributed by atoms with E-state index in [1.807, 2.05) is 31.2 Å². The number of aryl methyl sites for hydroxylation is 1. The Morgan fingerprint density at radius 1 is 1.35 bits per heavy atom. The summed E-state index contributed by atoms with van der Waals surface area (Å²) in [4.78, 5) is 22.1. The number of carbonyl (C=O) groups excluding carboxylic acids is 1. The van der Waals surface area contributed by atoms with E-state index < -0.39 is 5.82 Å². The van der Waals surface area contributed by atoms with Crippen LogP contribution >= 0.6 is 0 Å². The fourth-order valence-corrected chi connectivity index (χ4v) is 3.05. The monoisotopic (exact) mass is 359 g/mol. The third-order valence-electron chi connectivity index (χ3n) is 4.47. The molecule has 0 aliphatic carbocycles. The zero-order valence-corrected chi connectivity index (χ0v) is 14.9. The summed E-state index contributed by atoms with van der Waals surface area (Å²) in [5.41, 5.74) is 1.18. The highest BCUT2D eigenvalue weighted by Gasteiger charge is 2.29. The lowest BCUT2D eigenvalue weighted by Gasteiger charge is -2.18. The quantitative estimate of drug-likeness (QED) is 0.792. The van der Waals surface area contributed by atoms with Gasteiger partial charge in [0, 0.05) is 18.5 Å². The van der Waals surface area contributed by atoms with E-state index in [1.54, 1.807) is 12.0 Å². The van der Waals surface area contributed by atoms with Gasteiger partial charge in [-0.1, -0.05) is 25.1 Å². The second kappa shape index (κ2) is 8.12. The molecule has 0 spiro atoms. The Morgan fingerprint density at radius 2 is 2.15 bits per heavy atom. The lowest BCUT2D eigenvalue weighted by atomic mass is 10.1. The molecular formula is C19H22FN3O3. The highest BCUT2D eigenvalue weighted by atomic mass is 19.1. The van der Waals surface area contributed by atoms with Gasteiger partial charge in [-0.2, -0.15) is 9.37 Å². The second-order valence-corrected chi connectivity index (χ2v) is 6.15. The molecule has 3 rings (SSSR count). The van der Waals surface area contributed by atoms with Gasteiger partial charge in [0.2, 0.25) is 11.7 Å². The predicted molar refractivity (Wildman–Crippen MR) is 93.7 cm³/mol. The maximum Gasteiger partial charge on any atom is 0.254 e. The van der Waals surface area contributed by atoms with Crippen molar-refractivity contribution in [1.29, 1.82) is 0 Å². The van der Waals surface area contributed by atoms with Gasteiger partial charge in [0.15, 0.2) is 0 Å². The van der Waals surface area contributed by atoms with Gasteiger partial charge in [-0.3, -0.25) is 4.79 Å². The number of hydrogen-bond donors (Lipinski definition) is 0. The molecule has 1 fully saturated rings. The van der Waals surface area contributed by atoms with Crippen molar-refractivity contribution in [1.82, 2.24) is 14.9 Å². The number of likely N-dealkylation sites (tertiary alicyclic amines) is 1. The second-order valence-electron chi connectivity index (χ2n) is 6.15. The van der Waals surface area contributed by atoms with Crippen molar-refractivity contribution in [3.8, 4) is 11.6 Å². The van der Waals surface area contributed by atoms with Crippen molar-refractivity contribution >= 4 is 5.91 Å². The van der Waals surface area contributed by atoms with Gasteiger partial charge in [0.1, 0.15) is 18.2 Å². The Morgan fingerprint density at radius 3 is 2.92 bits per heavy atom. The average Bonchev–Trinajstić information content (AvgIpc) is 3.12. The van der Waals surface area contributed by atoms with Crippen LogP contribution < -0.4 is 9.47 Å². The Kier molecular flexibility index (Phi) is 5.65. The average molecular weight is 359 g/mol. The van der Waals surface area contributed by atoms with Crippen LogP contribution in [0.4, 0.5) is 4.39 Å². The number of benzene rings is 1. The van der Waals surface area contributed by atoms with Crippen LogP contribution in [0.25, 0.3) is 0 Å². The first-order valence-electron chi connectivity index (χ1n) is 8.68. The number of hydrogen-bond acceptors (Lipinski definition) is 5. The number of amides is 1. The maximum atomic E-state index is 14.2. The number of methoxy groups -OCH3 is 1. The first-order valence-corrected chi connectivity index (χ1v) is 8.68. The van der Waals surface area contributed by atoms with Crippen LogP contribution in [-0.4, -0.2) is 47.1 Å². The molecule has 1 aromatic heterocycles. The maximum absolute atomic E-state index is 14.2. The van der Waals surface area contributed by atoms with Gasteiger partial charge >= 0.3 is 0 Å². The van der Waals surface area contributed by atoms with E-state index in [2.05, 4.69) is 9.97 Å². The summed E-state index contributed by atoms with van der Waals surface area (Å²) >= 11 is 0. The number of rotatable bonds is 6. The van der Waals surface area contributed by atoms with Crippen LogP contribution in [0, 0.1) is 5.82 Å². The SMILES string of the molecule is CCc1ncnc(OC2CCN(C(=O)Cc3ccccc3OC)C2)c1F. The summed E-state index contributed by atoms with van der Waals surface area (Å²) in [6.45, 7) is 2.81. The summed E-state index contributed by atoms with van der Waals surface area (Å²) in [7, 11) is 1.59. The molecule has 0 saturated carbocycles.